The van der Waals surface area contributed by atoms with Crippen molar-refractivity contribution in [2.45, 2.75) is 26.7 Å². The summed E-state index contributed by atoms with van der Waals surface area (Å²) < 4.78 is 5.46. The Hall–Kier alpha value is -2.17. The first-order valence-electron chi connectivity index (χ1n) is 5.66. The highest BCUT2D eigenvalue weighted by Crippen LogP contribution is 2.22. The number of carboxylic acid groups (broad SMARTS) is 1. The molecule has 0 atom stereocenters. The van der Waals surface area contributed by atoms with Crippen LogP contribution in [0.3, 0.4) is 0 Å². The van der Waals surface area contributed by atoms with Gasteiger partial charge in [0.05, 0.1) is 0 Å². The Morgan fingerprint density at radius 1 is 1.33 bits per heavy atom. The van der Waals surface area contributed by atoms with Crippen LogP contribution < -0.4 is 0 Å². The lowest BCUT2D eigenvalue weighted by Gasteiger charge is -2.06. The van der Waals surface area contributed by atoms with E-state index in [1.165, 1.54) is 6.07 Å². The van der Waals surface area contributed by atoms with Crippen LogP contribution in [-0.2, 0) is 0 Å². The minimum absolute atomic E-state index is 0.0160. The number of carboxylic acids is 1. The van der Waals surface area contributed by atoms with E-state index in [0.29, 0.717) is 17.3 Å². The van der Waals surface area contributed by atoms with Gasteiger partial charge >= 0.3 is 5.97 Å². The second kappa shape index (κ2) is 4.60. The smallest absolute Gasteiger partial charge is 0.354 e. The molecule has 2 rings (SSSR count). The maximum absolute atomic E-state index is 11.0. The Morgan fingerprint density at radius 2 is 2.06 bits per heavy atom. The van der Waals surface area contributed by atoms with Crippen LogP contribution >= 0.6 is 0 Å². The Morgan fingerprint density at radius 3 is 2.56 bits per heavy atom. The van der Waals surface area contributed by atoms with Gasteiger partial charge in [-0.15, -0.1) is 0 Å². The molecule has 5 heteroatoms. The molecule has 0 fully saturated rings. The first-order valence-corrected chi connectivity index (χ1v) is 5.66. The molecule has 0 spiro atoms. The second-order valence-corrected chi connectivity index (χ2v) is 4.37. The predicted octanol–water partition coefficient (Wildman–Crippen LogP) is 2.87. The molecule has 0 aliphatic rings. The van der Waals surface area contributed by atoms with Crippen LogP contribution in [0, 0.1) is 6.92 Å². The molecule has 0 radical (unpaired) electrons. The Bertz CT molecular complexity index is 588. The fraction of sp³-hybridized carbons (Fsp3) is 0.308. The molecule has 0 aromatic carbocycles. The number of furan rings is 1. The zero-order valence-corrected chi connectivity index (χ0v) is 10.5. The van der Waals surface area contributed by atoms with Crippen molar-refractivity contribution in [2.75, 3.05) is 0 Å². The monoisotopic (exact) mass is 246 g/mol. The van der Waals surface area contributed by atoms with E-state index in [1.807, 2.05) is 26.8 Å². The van der Waals surface area contributed by atoms with Gasteiger partial charge in [-0.3, -0.25) is 0 Å². The molecule has 2 aromatic rings. The normalized spacial score (nSPS) is 10.9. The summed E-state index contributed by atoms with van der Waals surface area (Å²) in [4.78, 5) is 19.4. The zero-order chi connectivity index (χ0) is 13.3. The quantitative estimate of drug-likeness (QED) is 0.901. The van der Waals surface area contributed by atoms with Crippen molar-refractivity contribution in [2.24, 2.45) is 0 Å². The molecule has 0 amide bonds. The maximum Gasteiger partial charge on any atom is 0.354 e. The number of aromatic nitrogens is 2. The highest BCUT2D eigenvalue weighted by atomic mass is 16.4. The SMILES string of the molecule is Cc1ccc(-c2cc(C(=O)O)nc(C(C)C)n2)o1. The summed E-state index contributed by atoms with van der Waals surface area (Å²) in [5.74, 6) is 0.799. The molecule has 18 heavy (non-hydrogen) atoms. The number of aromatic carboxylic acids is 1. The number of rotatable bonds is 3. The third kappa shape index (κ3) is 2.40. The molecule has 2 aromatic heterocycles. The van der Waals surface area contributed by atoms with E-state index in [-0.39, 0.29) is 11.6 Å². The lowest BCUT2D eigenvalue weighted by Crippen LogP contribution is -2.07. The summed E-state index contributed by atoms with van der Waals surface area (Å²) in [5.41, 5.74) is 0.483. The van der Waals surface area contributed by atoms with Gasteiger partial charge in [-0.1, -0.05) is 13.8 Å². The Kier molecular flexibility index (Phi) is 3.14. The summed E-state index contributed by atoms with van der Waals surface area (Å²) in [6.07, 6.45) is 0. The van der Waals surface area contributed by atoms with Crippen LogP contribution in [-0.4, -0.2) is 21.0 Å². The van der Waals surface area contributed by atoms with E-state index in [0.717, 1.165) is 5.76 Å². The van der Waals surface area contributed by atoms with Gasteiger partial charge in [0.15, 0.2) is 11.5 Å². The minimum atomic E-state index is -1.07. The molecule has 94 valence electrons. The van der Waals surface area contributed by atoms with Gasteiger partial charge in [0, 0.05) is 12.0 Å². The lowest BCUT2D eigenvalue weighted by atomic mass is 10.2. The highest BCUT2D eigenvalue weighted by Gasteiger charge is 2.15. The summed E-state index contributed by atoms with van der Waals surface area (Å²) in [6.45, 7) is 5.66. The molecule has 0 bridgehead atoms. The van der Waals surface area contributed by atoms with Gasteiger partial charge in [-0.2, -0.15) is 0 Å². The maximum atomic E-state index is 11.0. The molecular weight excluding hydrogens is 232 g/mol. The van der Waals surface area contributed by atoms with E-state index >= 15 is 0 Å². The Balaban J connectivity index is 2.56. The topological polar surface area (TPSA) is 76.2 Å². The van der Waals surface area contributed by atoms with Gasteiger partial charge in [-0.05, 0) is 19.1 Å². The van der Waals surface area contributed by atoms with Crippen molar-refractivity contribution in [1.82, 2.24) is 9.97 Å². The summed E-state index contributed by atoms with van der Waals surface area (Å²) in [6, 6.07) is 5.01. The van der Waals surface area contributed by atoms with Crippen LogP contribution in [0.15, 0.2) is 22.6 Å². The van der Waals surface area contributed by atoms with E-state index in [1.54, 1.807) is 6.07 Å². The molecule has 0 unspecified atom stereocenters. The van der Waals surface area contributed by atoms with E-state index in [4.69, 9.17) is 9.52 Å². The second-order valence-electron chi connectivity index (χ2n) is 4.37. The number of aryl methyl sites for hydroxylation is 1. The van der Waals surface area contributed by atoms with Crippen molar-refractivity contribution in [3.63, 3.8) is 0 Å². The largest absolute Gasteiger partial charge is 0.477 e. The van der Waals surface area contributed by atoms with E-state index in [2.05, 4.69) is 9.97 Å². The fourth-order valence-corrected chi connectivity index (χ4v) is 1.53. The molecule has 2 heterocycles. The highest BCUT2D eigenvalue weighted by molar-refractivity contribution is 5.86. The third-order valence-electron chi connectivity index (χ3n) is 2.47. The number of carbonyl (C=O) groups is 1. The van der Waals surface area contributed by atoms with Crippen LogP contribution in [0.1, 0.15) is 41.8 Å². The van der Waals surface area contributed by atoms with E-state index < -0.39 is 5.97 Å². The number of nitrogens with zero attached hydrogens (tertiary/aromatic N) is 2. The van der Waals surface area contributed by atoms with Crippen molar-refractivity contribution in [1.29, 1.82) is 0 Å². The van der Waals surface area contributed by atoms with Crippen molar-refractivity contribution >= 4 is 5.97 Å². The summed E-state index contributed by atoms with van der Waals surface area (Å²) >= 11 is 0. The van der Waals surface area contributed by atoms with Gasteiger partial charge in [0.1, 0.15) is 17.3 Å². The zero-order valence-electron chi connectivity index (χ0n) is 10.5. The molecule has 5 nitrogen and oxygen atoms in total. The average Bonchev–Trinajstić information content (AvgIpc) is 2.75. The van der Waals surface area contributed by atoms with Crippen LogP contribution in [0.2, 0.25) is 0 Å². The third-order valence-corrected chi connectivity index (χ3v) is 2.47. The molecule has 0 saturated carbocycles. The summed E-state index contributed by atoms with van der Waals surface area (Å²) in [5, 5.41) is 9.05. The van der Waals surface area contributed by atoms with Gasteiger partial charge < -0.3 is 9.52 Å². The van der Waals surface area contributed by atoms with Gasteiger partial charge in [0.25, 0.3) is 0 Å². The Labute approximate surface area is 105 Å². The van der Waals surface area contributed by atoms with Crippen LogP contribution in [0.25, 0.3) is 11.5 Å². The standard InChI is InChI=1S/C13H14N2O3/c1-7(2)12-14-9(6-10(15-12)13(16)17)11-5-4-8(3)18-11/h4-7H,1-3H3,(H,16,17). The molecule has 0 saturated heterocycles. The van der Waals surface area contributed by atoms with Gasteiger partial charge in [0.2, 0.25) is 0 Å². The lowest BCUT2D eigenvalue weighted by molar-refractivity contribution is 0.0690. The molecule has 1 N–H and O–H groups in total. The fourth-order valence-electron chi connectivity index (χ4n) is 1.53. The van der Waals surface area contributed by atoms with Crippen molar-refractivity contribution < 1.29 is 14.3 Å². The average molecular weight is 246 g/mol. The van der Waals surface area contributed by atoms with Crippen LogP contribution in [0.5, 0.6) is 0 Å². The van der Waals surface area contributed by atoms with Crippen molar-refractivity contribution in [3.8, 4) is 11.5 Å². The minimum Gasteiger partial charge on any atom is -0.477 e. The number of hydrogen-bond donors (Lipinski definition) is 1. The van der Waals surface area contributed by atoms with Crippen LogP contribution in [0.4, 0.5) is 0 Å². The number of hydrogen-bond acceptors (Lipinski definition) is 4. The van der Waals surface area contributed by atoms with E-state index in [9.17, 15) is 4.79 Å². The van der Waals surface area contributed by atoms with Crippen molar-refractivity contribution in [3.05, 3.63) is 35.5 Å². The molecule has 0 aliphatic carbocycles. The molecular formula is C13H14N2O3. The molecule has 0 aliphatic heterocycles. The van der Waals surface area contributed by atoms with Gasteiger partial charge in [-0.25, -0.2) is 14.8 Å². The first-order chi connectivity index (χ1) is 8.47. The summed E-state index contributed by atoms with van der Waals surface area (Å²) in [7, 11) is 0. The first kappa shape index (κ1) is 12.3. The predicted molar refractivity (Wildman–Crippen MR) is 65.5 cm³/mol.